The number of hydrogen-bond donors (Lipinski definition) is 2. The first-order valence-corrected chi connectivity index (χ1v) is 6.04. The van der Waals surface area contributed by atoms with Crippen molar-refractivity contribution in [1.29, 1.82) is 0 Å². The van der Waals surface area contributed by atoms with Crippen LogP contribution >= 0.6 is 12.4 Å². The number of nitrogens with two attached hydrogens (primary N) is 1. The summed E-state index contributed by atoms with van der Waals surface area (Å²) >= 11 is 0. The van der Waals surface area contributed by atoms with Gasteiger partial charge in [-0.25, -0.2) is 4.98 Å². The highest BCUT2D eigenvalue weighted by Gasteiger charge is 2.12. The number of oxazole rings is 1. The average Bonchev–Trinajstić information content (AvgIpc) is 2.79. The first kappa shape index (κ1) is 15.5. The van der Waals surface area contributed by atoms with Gasteiger partial charge in [-0.3, -0.25) is 4.79 Å². The molecule has 0 saturated heterocycles. The van der Waals surface area contributed by atoms with Crippen LogP contribution in [0.2, 0.25) is 0 Å². The summed E-state index contributed by atoms with van der Waals surface area (Å²) < 4.78 is 5.50. The van der Waals surface area contributed by atoms with Gasteiger partial charge in [-0.1, -0.05) is 13.8 Å². The molecule has 2 aromatic rings. The van der Waals surface area contributed by atoms with Gasteiger partial charge in [-0.05, 0) is 18.2 Å². The smallest absolute Gasteiger partial charge is 0.228 e. The molecule has 1 heterocycles. The highest BCUT2D eigenvalue weighted by molar-refractivity contribution is 5.94. The number of nitrogens with zero attached hydrogens (tertiary/aromatic N) is 1. The van der Waals surface area contributed by atoms with E-state index in [4.69, 9.17) is 10.2 Å². The quantitative estimate of drug-likeness (QED) is 0.902. The number of fused-ring (bicyclic) bond motifs is 1. The monoisotopic (exact) mass is 283 g/mol. The van der Waals surface area contributed by atoms with Gasteiger partial charge >= 0.3 is 0 Å². The van der Waals surface area contributed by atoms with Crippen molar-refractivity contribution in [2.45, 2.75) is 20.3 Å². The Hall–Kier alpha value is -1.59. The summed E-state index contributed by atoms with van der Waals surface area (Å²) in [4.78, 5) is 16.0. The van der Waals surface area contributed by atoms with Crippen molar-refractivity contribution in [1.82, 2.24) is 4.98 Å². The zero-order chi connectivity index (χ0) is 13.1. The van der Waals surface area contributed by atoms with Gasteiger partial charge < -0.3 is 15.5 Å². The fourth-order valence-corrected chi connectivity index (χ4v) is 1.58. The van der Waals surface area contributed by atoms with Crippen LogP contribution in [0.25, 0.3) is 11.1 Å². The number of halogens is 1. The SMILES string of the molecule is CCc1nc2cc(NC(=O)C(C)CN)ccc2o1.Cl. The molecule has 1 aromatic carbocycles. The van der Waals surface area contributed by atoms with Gasteiger partial charge in [0.1, 0.15) is 5.52 Å². The Morgan fingerprint density at radius 3 is 2.89 bits per heavy atom. The minimum atomic E-state index is -0.204. The zero-order valence-electron chi connectivity index (χ0n) is 11.0. The van der Waals surface area contributed by atoms with Gasteiger partial charge in [0.2, 0.25) is 5.91 Å². The number of carbonyl (C=O) groups is 1. The maximum absolute atomic E-state index is 11.7. The molecule has 0 aliphatic heterocycles. The second-order valence-electron chi connectivity index (χ2n) is 4.27. The van der Waals surface area contributed by atoms with E-state index < -0.39 is 0 Å². The van der Waals surface area contributed by atoms with Gasteiger partial charge in [0, 0.05) is 24.6 Å². The van der Waals surface area contributed by atoms with E-state index in [2.05, 4.69) is 10.3 Å². The number of nitrogens with one attached hydrogen (secondary N) is 1. The third kappa shape index (κ3) is 3.45. The molecule has 104 valence electrons. The van der Waals surface area contributed by atoms with Crippen molar-refractivity contribution in [2.75, 3.05) is 11.9 Å². The van der Waals surface area contributed by atoms with Crippen LogP contribution in [0.5, 0.6) is 0 Å². The van der Waals surface area contributed by atoms with E-state index in [-0.39, 0.29) is 24.2 Å². The Morgan fingerprint density at radius 1 is 1.53 bits per heavy atom. The molecule has 0 radical (unpaired) electrons. The molecule has 0 bridgehead atoms. The van der Waals surface area contributed by atoms with Crippen molar-refractivity contribution < 1.29 is 9.21 Å². The second-order valence-corrected chi connectivity index (χ2v) is 4.27. The van der Waals surface area contributed by atoms with Crippen LogP contribution in [-0.2, 0) is 11.2 Å². The highest BCUT2D eigenvalue weighted by Crippen LogP contribution is 2.20. The normalized spacial score (nSPS) is 11.9. The lowest BCUT2D eigenvalue weighted by Gasteiger charge is -2.09. The number of aromatic nitrogens is 1. The molecular formula is C13H18ClN3O2. The molecule has 19 heavy (non-hydrogen) atoms. The Labute approximate surface area is 118 Å². The molecule has 6 heteroatoms. The molecule has 1 aromatic heterocycles. The van der Waals surface area contributed by atoms with Crippen molar-refractivity contribution >= 4 is 35.1 Å². The van der Waals surface area contributed by atoms with Crippen LogP contribution in [0.1, 0.15) is 19.7 Å². The molecule has 0 aliphatic rings. The van der Waals surface area contributed by atoms with E-state index in [0.717, 1.165) is 17.5 Å². The van der Waals surface area contributed by atoms with Crippen LogP contribution < -0.4 is 11.1 Å². The summed E-state index contributed by atoms with van der Waals surface area (Å²) in [5.41, 5.74) is 7.65. The van der Waals surface area contributed by atoms with Crippen molar-refractivity contribution in [3.8, 4) is 0 Å². The number of amides is 1. The standard InChI is InChI=1S/C13H17N3O2.ClH/c1-3-12-16-10-6-9(4-5-11(10)18-12)15-13(17)8(2)7-14;/h4-6,8H,3,7,14H2,1-2H3,(H,15,17);1H. The summed E-state index contributed by atoms with van der Waals surface area (Å²) in [5, 5.41) is 2.81. The number of hydrogen-bond acceptors (Lipinski definition) is 4. The molecule has 5 nitrogen and oxygen atoms in total. The van der Waals surface area contributed by atoms with Crippen LogP contribution in [0.3, 0.4) is 0 Å². The topological polar surface area (TPSA) is 81.2 Å². The summed E-state index contributed by atoms with van der Waals surface area (Å²) in [6, 6.07) is 5.41. The Balaban J connectivity index is 0.00000180. The first-order chi connectivity index (χ1) is 8.63. The summed E-state index contributed by atoms with van der Waals surface area (Å²) in [7, 11) is 0. The van der Waals surface area contributed by atoms with E-state index in [1.807, 2.05) is 13.0 Å². The van der Waals surface area contributed by atoms with Gasteiger partial charge in [0.05, 0.1) is 0 Å². The molecule has 0 saturated carbocycles. The van der Waals surface area contributed by atoms with Crippen LogP contribution in [-0.4, -0.2) is 17.4 Å². The molecule has 1 unspecified atom stereocenters. The van der Waals surface area contributed by atoms with E-state index in [0.29, 0.717) is 18.1 Å². The van der Waals surface area contributed by atoms with Crippen molar-refractivity contribution in [3.63, 3.8) is 0 Å². The lowest BCUT2D eigenvalue weighted by atomic mass is 10.1. The summed E-state index contributed by atoms with van der Waals surface area (Å²) in [5.74, 6) is 0.407. The largest absolute Gasteiger partial charge is 0.441 e. The van der Waals surface area contributed by atoms with Crippen LogP contribution in [0, 0.1) is 5.92 Å². The first-order valence-electron chi connectivity index (χ1n) is 6.04. The highest BCUT2D eigenvalue weighted by atomic mass is 35.5. The predicted molar refractivity (Wildman–Crippen MR) is 77.5 cm³/mol. The van der Waals surface area contributed by atoms with Gasteiger partial charge in [0.15, 0.2) is 11.5 Å². The van der Waals surface area contributed by atoms with E-state index >= 15 is 0 Å². The molecule has 0 aliphatic carbocycles. The molecule has 0 spiro atoms. The Kier molecular flexibility index (Phi) is 5.32. The van der Waals surface area contributed by atoms with E-state index in [1.54, 1.807) is 19.1 Å². The third-order valence-corrected chi connectivity index (χ3v) is 2.80. The van der Waals surface area contributed by atoms with E-state index in [9.17, 15) is 4.79 Å². The number of aryl methyl sites for hydroxylation is 1. The van der Waals surface area contributed by atoms with E-state index in [1.165, 1.54) is 0 Å². The maximum atomic E-state index is 11.7. The Bertz CT molecular complexity index is 568. The fraction of sp³-hybridized carbons (Fsp3) is 0.385. The molecular weight excluding hydrogens is 266 g/mol. The number of benzene rings is 1. The number of rotatable bonds is 4. The average molecular weight is 284 g/mol. The van der Waals surface area contributed by atoms with Gasteiger partial charge in [-0.2, -0.15) is 0 Å². The van der Waals surface area contributed by atoms with Gasteiger partial charge in [0.25, 0.3) is 0 Å². The molecule has 1 amide bonds. The number of carbonyl (C=O) groups excluding carboxylic acids is 1. The zero-order valence-corrected chi connectivity index (χ0v) is 11.8. The molecule has 2 rings (SSSR count). The molecule has 0 fully saturated rings. The number of anilines is 1. The second kappa shape index (κ2) is 6.54. The van der Waals surface area contributed by atoms with Crippen molar-refractivity contribution in [2.24, 2.45) is 11.7 Å². The third-order valence-electron chi connectivity index (χ3n) is 2.80. The molecule has 1 atom stereocenters. The minimum Gasteiger partial charge on any atom is -0.441 e. The lowest BCUT2D eigenvalue weighted by Crippen LogP contribution is -2.26. The van der Waals surface area contributed by atoms with Crippen molar-refractivity contribution in [3.05, 3.63) is 24.1 Å². The minimum absolute atomic E-state index is 0. The predicted octanol–water partition coefficient (Wildman–Crippen LogP) is 2.35. The summed E-state index contributed by atoms with van der Waals surface area (Å²) in [6.07, 6.45) is 0.751. The Morgan fingerprint density at radius 2 is 2.26 bits per heavy atom. The lowest BCUT2D eigenvalue weighted by molar-refractivity contribution is -0.119. The fourth-order valence-electron chi connectivity index (χ4n) is 1.58. The molecule has 3 N–H and O–H groups in total. The maximum Gasteiger partial charge on any atom is 0.228 e. The van der Waals surface area contributed by atoms with Gasteiger partial charge in [-0.15, -0.1) is 12.4 Å². The summed E-state index contributed by atoms with van der Waals surface area (Å²) in [6.45, 7) is 4.10. The van der Waals surface area contributed by atoms with Crippen LogP contribution in [0.4, 0.5) is 5.69 Å². The van der Waals surface area contributed by atoms with Crippen LogP contribution in [0.15, 0.2) is 22.6 Å².